The van der Waals surface area contributed by atoms with Crippen LogP contribution in [0.15, 0.2) is 29.2 Å². The minimum absolute atomic E-state index is 0.177. The lowest BCUT2D eigenvalue weighted by Gasteiger charge is -2.63. The van der Waals surface area contributed by atoms with Crippen molar-refractivity contribution in [3.8, 4) is 5.75 Å². The van der Waals surface area contributed by atoms with Crippen molar-refractivity contribution in [1.82, 2.24) is 4.90 Å². The van der Waals surface area contributed by atoms with Crippen LogP contribution in [-0.2, 0) is 14.6 Å². The SMILES string of the molecule is CC1C[C@H]2N(C)C(=O)CC[C@]2(C)[C@H]2CC[C@]3(C)C[C@@H](Oc4ccc(S(C)(=O)=O)cc4)C[C@H]3C12. The summed E-state index contributed by atoms with van der Waals surface area (Å²) in [6.45, 7) is 7.37. The third kappa shape index (κ3) is 3.71. The Kier molecular flexibility index (Phi) is 5.43. The summed E-state index contributed by atoms with van der Waals surface area (Å²) < 4.78 is 30.0. The molecule has 0 spiro atoms. The molecule has 2 unspecified atom stereocenters. The molecule has 1 heterocycles. The first-order chi connectivity index (χ1) is 15.4. The van der Waals surface area contributed by atoms with Crippen LogP contribution in [0.1, 0.15) is 65.7 Å². The highest BCUT2D eigenvalue weighted by atomic mass is 32.2. The molecule has 4 aliphatic rings. The Morgan fingerprint density at radius 3 is 2.42 bits per heavy atom. The highest BCUT2D eigenvalue weighted by Gasteiger charge is 2.62. The number of benzene rings is 1. The predicted molar refractivity (Wildman–Crippen MR) is 129 cm³/mol. The van der Waals surface area contributed by atoms with Crippen molar-refractivity contribution < 1.29 is 17.9 Å². The fraction of sp³-hybridized carbons (Fsp3) is 0.741. The molecule has 6 heteroatoms. The second-order valence-electron chi connectivity index (χ2n) is 12.1. The number of sulfone groups is 1. The van der Waals surface area contributed by atoms with Crippen LogP contribution in [0.25, 0.3) is 0 Å². The van der Waals surface area contributed by atoms with E-state index in [1.54, 1.807) is 24.3 Å². The van der Waals surface area contributed by atoms with Gasteiger partial charge in [-0.3, -0.25) is 4.79 Å². The van der Waals surface area contributed by atoms with Gasteiger partial charge in [0.1, 0.15) is 5.75 Å². The Bertz CT molecular complexity index is 1040. The van der Waals surface area contributed by atoms with Gasteiger partial charge in [0.15, 0.2) is 9.84 Å². The van der Waals surface area contributed by atoms with Crippen LogP contribution in [0.3, 0.4) is 0 Å². The quantitative estimate of drug-likeness (QED) is 0.623. The highest BCUT2D eigenvalue weighted by molar-refractivity contribution is 7.90. The van der Waals surface area contributed by atoms with E-state index in [0.717, 1.165) is 31.4 Å². The summed E-state index contributed by atoms with van der Waals surface area (Å²) in [5, 5.41) is 0. The molecule has 8 atom stereocenters. The lowest BCUT2D eigenvalue weighted by atomic mass is 9.45. The number of hydrogen-bond acceptors (Lipinski definition) is 4. The second kappa shape index (κ2) is 7.73. The standard InChI is InChI=1S/C27H39NO4S/c1-17-14-23-27(3,13-11-24(29)28(23)4)21-10-12-26(2)16-19(15-22(26)25(17)21)32-18-6-8-20(9-7-18)33(5,30)31/h6-9,17,19,21-23,25H,10-16H2,1-5H3/t17?,19-,21-,22-,23+,25?,26+,27+/m0/s1. The number of carbonyl (C=O) groups is 1. The molecule has 0 aromatic heterocycles. The zero-order valence-electron chi connectivity index (χ0n) is 20.7. The molecular weight excluding hydrogens is 434 g/mol. The summed E-state index contributed by atoms with van der Waals surface area (Å²) in [6, 6.07) is 7.27. The largest absolute Gasteiger partial charge is 0.490 e. The molecular formula is C27H39NO4S. The summed E-state index contributed by atoms with van der Waals surface area (Å²) in [6.07, 6.45) is 8.89. The number of amides is 1. The van der Waals surface area contributed by atoms with Crippen LogP contribution in [-0.4, -0.2) is 44.7 Å². The van der Waals surface area contributed by atoms with Crippen molar-refractivity contribution in [2.24, 2.45) is 34.5 Å². The summed E-state index contributed by atoms with van der Waals surface area (Å²) in [7, 11) is -1.17. The molecule has 5 nitrogen and oxygen atoms in total. The van der Waals surface area contributed by atoms with Gasteiger partial charge in [-0.2, -0.15) is 0 Å². The van der Waals surface area contributed by atoms with Gasteiger partial charge in [-0.1, -0.05) is 20.8 Å². The monoisotopic (exact) mass is 473 g/mol. The Hall–Kier alpha value is -1.56. The molecule has 3 aliphatic carbocycles. The molecule has 1 amide bonds. The average Bonchev–Trinajstić information content (AvgIpc) is 3.08. The first kappa shape index (κ1) is 23.2. The fourth-order valence-corrected chi connectivity index (χ4v) is 9.14. The second-order valence-corrected chi connectivity index (χ2v) is 14.2. The van der Waals surface area contributed by atoms with Gasteiger partial charge in [-0.15, -0.1) is 0 Å². The predicted octanol–water partition coefficient (Wildman–Crippen LogP) is 4.95. The molecule has 0 bridgehead atoms. The van der Waals surface area contributed by atoms with Gasteiger partial charge in [0.25, 0.3) is 0 Å². The van der Waals surface area contributed by atoms with Crippen LogP contribution in [0, 0.1) is 34.5 Å². The third-order valence-electron chi connectivity index (χ3n) is 10.2. The number of ether oxygens (including phenoxy) is 1. The van der Waals surface area contributed by atoms with Crippen LogP contribution in [0.4, 0.5) is 0 Å². The van der Waals surface area contributed by atoms with Gasteiger partial charge in [-0.25, -0.2) is 8.42 Å². The number of carbonyl (C=O) groups excluding carboxylic acids is 1. The van der Waals surface area contributed by atoms with E-state index < -0.39 is 9.84 Å². The Balaban J connectivity index is 1.36. The molecule has 0 N–H and O–H groups in total. The molecule has 182 valence electrons. The zero-order chi connectivity index (χ0) is 23.8. The van der Waals surface area contributed by atoms with Crippen molar-refractivity contribution in [2.75, 3.05) is 13.3 Å². The van der Waals surface area contributed by atoms with Crippen molar-refractivity contribution in [3.63, 3.8) is 0 Å². The topological polar surface area (TPSA) is 63.7 Å². The third-order valence-corrected chi connectivity index (χ3v) is 11.3. The number of hydrogen-bond donors (Lipinski definition) is 0. The summed E-state index contributed by atoms with van der Waals surface area (Å²) in [5.74, 6) is 3.70. The molecule has 0 radical (unpaired) electrons. The van der Waals surface area contributed by atoms with Crippen molar-refractivity contribution >= 4 is 15.7 Å². The van der Waals surface area contributed by atoms with Gasteiger partial charge in [0.2, 0.25) is 5.91 Å². The first-order valence-corrected chi connectivity index (χ1v) is 14.5. The van der Waals surface area contributed by atoms with E-state index in [-0.39, 0.29) is 11.5 Å². The maximum absolute atomic E-state index is 12.5. The van der Waals surface area contributed by atoms with Crippen LogP contribution in [0.5, 0.6) is 5.75 Å². The van der Waals surface area contributed by atoms with Crippen LogP contribution in [0.2, 0.25) is 0 Å². The number of nitrogens with zero attached hydrogens (tertiary/aromatic N) is 1. The van der Waals surface area contributed by atoms with E-state index in [2.05, 4.69) is 25.7 Å². The van der Waals surface area contributed by atoms with Crippen LogP contribution >= 0.6 is 0 Å². The Morgan fingerprint density at radius 2 is 1.76 bits per heavy atom. The van der Waals surface area contributed by atoms with Crippen molar-refractivity contribution in [3.05, 3.63) is 24.3 Å². The maximum atomic E-state index is 12.5. The van der Waals surface area contributed by atoms with Crippen LogP contribution < -0.4 is 4.74 Å². The number of fused-ring (bicyclic) bond motifs is 5. The minimum atomic E-state index is -3.20. The molecule has 1 saturated heterocycles. The normalized spacial score (nSPS) is 42.9. The van der Waals surface area contributed by atoms with E-state index in [1.165, 1.54) is 19.1 Å². The van der Waals surface area contributed by atoms with Gasteiger partial charge < -0.3 is 9.64 Å². The lowest BCUT2D eigenvalue weighted by Crippen LogP contribution is -2.62. The van der Waals surface area contributed by atoms with Gasteiger partial charge in [0.05, 0.1) is 11.0 Å². The minimum Gasteiger partial charge on any atom is -0.490 e. The van der Waals surface area contributed by atoms with Crippen molar-refractivity contribution in [1.29, 1.82) is 0 Å². The summed E-state index contributed by atoms with van der Waals surface area (Å²) >= 11 is 0. The van der Waals surface area contributed by atoms with E-state index in [0.29, 0.717) is 52.4 Å². The highest BCUT2D eigenvalue weighted by Crippen LogP contribution is 2.66. The van der Waals surface area contributed by atoms with Gasteiger partial charge in [0, 0.05) is 25.8 Å². The van der Waals surface area contributed by atoms with E-state index in [9.17, 15) is 13.2 Å². The average molecular weight is 474 g/mol. The molecule has 1 aromatic carbocycles. The lowest BCUT2D eigenvalue weighted by molar-refractivity contribution is -0.164. The Morgan fingerprint density at radius 1 is 1.06 bits per heavy atom. The molecule has 3 saturated carbocycles. The van der Waals surface area contributed by atoms with Crippen molar-refractivity contribution in [2.45, 2.75) is 82.8 Å². The number of rotatable bonds is 3. The number of likely N-dealkylation sites (tertiary alicyclic amines) is 1. The summed E-state index contributed by atoms with van der Waals surface area (Å²) in [4.78, 5) is 14.9. The van der Waals surface area contributed by atoms with Gasteiger partial charge in [-0.05, 0) is 97.3 Å². The van der Waals surface area contributed by atoms with Gasteiger partial charge >= 0.3 is 0 Å². The maximum Gasteiger partial charge on any atom is 0.222 e. The zero-order valence-corrected chi connectivity index (χ0v) is 21.5. The van der Waals surface area contributed by atoms with E-state index in [1.807, 2.05) is 7.05 Å². The molecule has 4 fully saturated rings. The Labute approximate surface area is 199 Å². The van der Waals surface area contributed by atoms with E-state index in [4.69, 9.17) is 4.74 Å². The first-order valence-electron chi connectivity index (χ1n) is 12.6. The molecule has 33 heavy (non-hydrogen) atoms. The van der Waals surface area contributed by atoms with E-state index >= 15 is 0 Å². The smallest absolute Gasteiger partial charge is 0.222 e. The summed E-state index contributed by atoms with van der Waals surface area (Å²) in [5.41, 5.74) is 0.522. The molecule has 1 aromatic rings. The molecule has 5 rings (SSSR count). The fourth-order valence-electron chi connectivity index (χ4n) is 8.50. The number of piperidine rings is 1. The molecule has 1 aliphatic heterocycles.